The third kappa shape index (κ3) is 6.59. The highest BCUT2D eigenvalue weighted by atomic mass is 35.5. The van der Waals surface area contributed by atoms with Crippen molar-refractivity contribution >= 4 is 52.2 Å². The number of nitrogens with zero attached hydrogens (tertiary/aromatic N) is 2. The Balaban J connectivity index is 1.37. The van der Waals surface area contributed by atoms with Crippen LogP contribution in [0.25, 0.3) is 6.08 Å². The molecule has 1 atom stereocenters. The van der Waals surface area contributed by atoms with Crippen LogP contribution in [0.2, 0.25) is 10.0 Å². The molecular weight excluding hydrogens is 629 g/mol. The van der Waals surface area contributed by atoms with Crippen LogP contribution in [0.5, 0.6) is 11.5 Å². The van der Waals surface area contributed by atoms with E-state index in [1.54, 1.807) is 36.8 Å². The summed E-state index contributed by atoms with van der Waals surface area (Å²) in [5.41, 5.74) is 3.66. The first kappa shape index (κ1) is 30.4. The number of para-hydroxylation sites is 1. The lowest BCUT2D eigenvalue weighted by Gasteiger charge is -2.25. The predicted molar refractivity (Wildman–Crippen MR) is 179 cm³/mol. The van der Waals surface area contributed by atoms with E-state index in [0.717, 1.165) is 16.7 Å². The third-order valence-electron chi connectivity index (χ3n) is 7.29. The molecule has 7 nitrogen and oxygen atoms in total. The van der Waals surface area contributed by atoms with Gasteiger partial charge in [0.15, 0.2) is 4.80 Å². The van der Waals surface area contributed by atoms with Gasteiger partial charge in [-0.2, -0.15) is 0 Å². The number of allylic oxidation sites excluding steroid dienone is 1. The Bertz CT molecular complexity index is 2110. The number of hydrogen-bond acceptors (Lipinski definition) is 6. The van der Waals surface area contributed by atoms with Crippen molar-refractivity contribution < 1.29 is 14.3 Å². The molecule has 10 heteroatoms. The fourth-order valence-corrected chi connectivity index (χ4v) is 6.59. The Morgan fingerprint density at radius 2 is 1.76 bits per heavy atom. The van der Waals surface area contributed by atoms with E-state index in [9.17, 15) is 9.59 Å². The van der Waals surface area contributed by atoms with Crippen LogP contribution in [0.3, 0.4) is 0 Å². The number of thiazole rings is 1. The van der Waals surface area contributed by atoms with Crippen molar-refractivity contribution in [2.24, 2.45) is 4.99 Å². The number of hydrogen-bond donors (Lipinski definition) is 1. The van der Waals surface area contributed by atoms with Gasteiger partial charge in [0.05, 0.1) is 29.0 Å². The first-order chi connectivity index (χ1) is 21.8. The molecule has 5 aromatic rings. The Morgan fingerprint density at radius 1 is 0.978 bits per heavy atom. The zero-order valence-corrected chi connectivity index (χ0v) is 26.6. The summed E-state index contributed by atoms with van der Waals surface area (Å²) in [7, 11) is 1.59. The number of anilines is 1. The zero-order valence-electron chi connectivity index (χ0n) is 24.3. The second-order valence-corrected chi connectivity index (χ2v) is 12.1. The number of ether oxygens (including phenoxy) is 2. The molecule has 45 heavy (non-hydrogen) atoms. The SMILES string of the molecule is COc1ccc([C@H]2C(C(=O)Nc3ccccc3)=C(C)N=c3s/c(=C/c4cccc(OCc5ccc(Cl)cc5Cl)c4)c(=O)n32)cc1. The molecule has 1 aliphatic heterocycles. The molecule has 0 fully saturated rings. The molecule has 1 aliphatic rings. The number of carbonyl (C=O) groups excluding carboxylic acids is 1. The summed E-state index contributed by atoms with van der Waals surface area (Å²) < 4.78 is 13.4. The fourth-order valence-electron chi connectivity index (χ4n) is 5.08. The lowest BCUT2D eigenvalue weighted by molar-refractivity contribution is -0.113. The molecule has 6 rings (SSSR count). The van der Waals surface area contributed by atoms with Crippen molar-refractivity contribution in [3.63, 3.8) is 0 Å². The summed E-state index contributed by atoms with van der Waals surface area (Å²) in [5, 5.41) is 4.05. The predicted octanol–water partition coefficient (Wildman–Crippen LogP) is 6.77. The van der Waals surface area contributed by atoms with E-state index < -0.39 is 6.04 Å². The van der Waals surface area contributed by atoms with Crippen LogP contribution >= 0.6 is 34.5 Å². The van der Waals surface area contributed by atoms with E-state index >= 15 is 0 Å². The van der Waals surface area contributed by atoms with Crippen molar-refractivity contribution in [1.82, 2.24) is 4.57 Å². The maximum absolute atomic E-state index is 14.1. The van der Waals surface area contributed by atoms with Crippen molar-refractivity contribution in [2.75, 3.05) is 12.4 Å². The maximum atomic E-state index is 14.1. The van der Waals surface area contributed by atoms with Gasteiger partial charge in [-0.15, -0.1) is 0 Å². The molecule has 226 valence electrons. The Kier molecular flexibility index (Phi) is 8.89. The average Bonchev–Trinajstić information content (AvgIpc) is 3.34. The zero-order chi connectivity index (χ0) is 31.5. The van der Waals surface area contributed by atoms with Crippen LogP contribution < -0.4 is 29.7 Å². The van der Waals surface area contributed by atoms with E-state index in [-0.39, 0.29) is 18.1 Å². The lowest BCUT2D eigenvalue weighted by Crippen LogP contribution is -2.40. The molecule has 1 amide bonds. The van der Waals surface area contributed by atoms with Crippen LogP contribution in [0, 0.1) is 0 Å². The first-order valence-electron chi connectivity index (χ1n) is 14.0. The fraction of sp³-hybridized carbons (Fsp3) is 0.114. The molecule has 0 saturated carbocycles. The lowest BCUT2D eigenvalue weighted by atomic mass is 9.95. The van der Waals surface area contributed by atoms with E-state index in [2.05, 4.69) is 5.32 Å². The quantitative estimate of drug-likeness (QED) is 0.200. The van der Waals surface area contributed by atoms with Crippen LogP contribution in [-0.2, 0) is 11.4 Å². The highest BCUT2D eigenvalue weighted by Gasteiger charge is 2.32. The summed E-state index contributed by atoms with van der Waals surface area (Å²) in [5.74, 6) is 0.958. The Morgan fingerprint density at radius 3 is 2.49 bits per heavy atom. The largest absolute Gasteiger partial charge is 0.497 e. The number of amides is 1. The van der Waals surface area contributed by atoms with Crippen LogP contribution in [-0.4, -0.2) is 17.6 Å². The van der Waals surface area contributed by atoms with E-state index in [4.69, 9.17) is 37.7 Å². The third-order valence-corrected chi connectivity index (χ3v) is 8.86. The highest BCUT2D eigenvalue weighted by Crippen LogP contribution is 2.32. The summed E-state index contributed by atoms with van der Waals surface area (Å²) >= 11 is 13.6. The summed E-state index contributed by atoms with van der Waals surface area (Å²) in [6.07, 6.45) is 1.81. The molecule has 4 aromatic carbocycles. The minimum atomic E-state index is -0.697. The van der Waals surface area contributed by atoms with Crippen molar-refractivity contribution in [2.45, 2.75) is 19.6 Å². The van der Waals surface area contributed by atoms with Crippen molar-refractivity contribution in [1.29, 1.82) is 0 Å². The standard InChI is InChI=1S/C35H27Cl2N3O4S/c1-21-31(33(41)39-26-8-4-3-5-9-26)32(23-12-15-27(43-2)16-13-23)40-34(42)30(45-35(40)38-21)18-22-7-6-10-28(17-22)44-20-24-11-14-25(36)19-29(24)37/h3-19,32H,20H2,1-2H3,(H,39,41)/b30-18+/t32-/m0/s1. The van der Waals surface area contributed by atoms with Gasteiger partial charge >= 0.3 is 0 Å². The van der Waals surface area contributed by atoms with Crippen molar-refractivity contribution in [3.05, 3.63) is 155 Å². The number of carbonyl (C=O) groups is 1. The molecule has 0 saturated heterocycles. The minimum Gasteiger partial charge on any atom is -0.497 e. The molecule has 0 spiro atoms. The molecule has 0 radical (unpaired) electrons. The van der Waals surface area contributed by atoms with E-state index in [1.807, 2.05) is 84.9 Å². The van der Waals surface area contributed by atoms with Gasteiger partial charge in [-0.3, -0.25) is 14.2 Å². The van der Waals surface area contributed by atoms with Gasteiger partial charge in [0, 0.05) is 21.3 Å². The topological polar surface area (TPSA) is 81.9 Å². The van der Waals surface area contributed by atoms with Gasteiger partial charge in [-0.05, 0) is 72.7 Å². The minimum absolute atomic E-state index is 0.253. The average molecular weight is 657 g/mol. The number of halogens is 2. The smallest absolute Gasteiger partial charge is 0.271 e. The Labute approximate surface area is 273 Å². The molecule has 0 aliphatic carbocycles. The number of aromatic nitrogens is 1. The number of fused-ring (bicyclic) bond motifs is 1. The summed E-state index contributed by atoms with van der Waals surface area (Å²) in [4.78, 5) is 33.0. The first-order valence-corrected chi connectivity index (χ1v) is 15.6. The number of benzene rings is 4. The summed E-state index contributed by atoms with van der Waals surface area (Å²) in [6.45, 7) is 2.05. The maximum Gasteiger partial charge on any atom is 0.271 e. The van der Waals surface area contributed by atoms with Gasteiger partial charge in [0.2, 0.25) is 0 Å². The molecule has 0 bridgehead atoms. The van der Waals surface area contributed by atoms with Crippen LogP contribution in [0.1, 0.15) is 29.7 Å². The van der Waals surface area contributed by atoms with Gasteiger partial charge in [0.1, 0.15) is 18.1 Å². The van der Waals surface area contributed by atoms with Gasteiger partial charge < -0.3 is 14.8 Å². The molecule has 0 unspecified atom stereocenters. The normalized spacial score (nSPS) is 14.5. The van der Waals surface area contributed by atoms with E-state index in [0.29, 0.717) is 47.8 Å². The number of methoxy groups -OCH3 is 1. The second-order valence-electron chi connectivity index (χ2n) is 10.3. The van der Waals surface area contributed by atoms with Gasteiger partial charge in [0.25, 0.3) is 11.5 Å². The highest BCUT2D eigenvalue weighted by molar-refractivity contribution is 7.07. The molecule has 1 aromatic heterocycles. The number of rotatable bonds is 8. The van der Waals surface area contributed by atoms with Crippen LogP contribution in [0.15, 0.2) is 118 Å². The van der Waals surface area contributed by atoms with Crippen molar-refractivity contribution in [3.8, 4) is 11.5 Å². The monoisotopic (exact) mass is 655 g/mol. The van der Waals surface area contributed by atoms with Gasteiger partial charge in [-0.25, -0.2) is 4.99 Å². The number of nitrogens with one attached hydrogen (secondary N) is 1. The second kappa shape index (κ2) is 13.2. The molecule has 1 N–H and O–H groups in total. The van der Waals surface area contributed by atoms with E-state index in [1.165, 1.54) is 11.3 Å². The van der Waals surface area contributed by atoms with Gasteiger partial charge in [-0.1, -0.05) is 83.1 Å². The molecular formula is C35H27Cl2N3O4S. The summed E-state index contributed by atoms with van der Waals surface area (Å²) in [6, 6.07) is 28.6. The van der Waals surface area contributed by atoms with Crippen LogP contribution in [0.4, 0.5) is 5.69 Å². The molecule has 2 heterocycles. The Hall–Kier alpha value is -4.63.